The topological polar surface area (TPSA) is 43.4 Å². The summed E-state index contributed by atoms with van der Waals surface area (Å²) in [4.78, 5) is 4.91. The van der Waals surface area contributed by atoms with Gasteiger partial charge in [-0.15, -0.1) is 0 Å². The van der Waals surface area contributed by atoms with Gasteiger partial charge in [-0.25, -0.2) is 0 Å². The molecule has 394 valence electrons. The number of unbranched alkanes of at least 4 members (excludes halogenated alkanes) is 10. The van der Waals surface area contributed by atoms with Crippen LogP contribution in [0.2, 0.25) is 0 Å². The second-order valence-electron chi connectivity index (χ2n) is 24.3. The minimum Gasteiger partial charge on any atom is -0.399 e. The summed E-state index contributed by atoms with van der Waals surface area (Å²) in [6.07, 6.45) is 17.4. The van der Waals surface area contributed by atoms with Crippen LogP contribution in [0.3, 0.4) is 0 Å². The van der Waals surface area contributed by atoms with Gasteiger partial charge in [0, 0.05) is 39.5 Å². The molecule has 0 spiro atoms. The van der Waals surface area contributed by atoms with E-state index in [1.807, 2.05) is 0 Å². The summed E-state index contributed by atoms with van der Waals surface area (Å²) in [5.41, 5.74) is 15.2. The van der Waals surface area contributed by atoms with Gasteiger partial charge >= 0.3 is 14.2 Å². The normalized spacial score (nSPS) is 17.5. The van der Waals surface area contributed by atoms with E-state index in [9.17, 15) is 0 Å². The molecule has 6 aromatic rings. The molecule has 0 aromatic heterocycles. The van der Waals surface area contributed by atoms with Crippen molar-refractivity contribution in [3.8, 4) is 11.1 Å². The second-order valence-corrected chi connectivity index (χ2v) is 24.3. The summed E-state index contributed by atoms with van der Waals surface area (Å²) in [7, 11) is -0.847. The number of aryl methyl sites for hydroxylation is 2. The highest BCUT2D eigenvalue weighted by Gasteiger charge is 2.53. The molecule has 0 amide bonds. The summed E-state index contributed by atoms with van der Waals surface area (Å²) >= 11 is 0. The maximum atomic E-state index is 6.52. The summed E-state index contributed by atoms with van der Waals surface area (Å²) in [5.74, 6) is 0. The van der Waals surface area contributed by atoms with Crippen LogP contribution in [0.5, 0.6) is 0 Å². The smallest absolute Gasteiger partial charge is 0.399 e. The van der Waals surface area contributed by atoms with Crippen molar-refractivity contribution in [2.45, 2.75) is 201 Å². The molecule has 6 nitrogen and oxygen atoms in total. The van der Waals surface area contributed by atoms with Gasteiger partial charge in [0.05, 0.1) is 22.4 Å². The number of nitrogens with zero attached hydrogens (tertiary/aromatic N) is 2. The third-order valence-corrected chi connectivity index (χ3v) is 17.7. The lowest BCUT2D eigenvalue weighted by atomic mass is 9.70. The van der Waals surface area contributed by atoms with Crippen LogP contribution in [0, 0.1) is 13.8 Å². The van der Waals surface area contributed by atoms with Crippen molar-refractivity contribution in [2.75, 3.05) is 9.80 Å². The molecule has 2 saturated heterocycles. The molecule has 75 heavy (non-hydrogen) atoms. The van der Waals surface area contributed by atoms with E-state index in [0.717, 1.165) is 46.5 Å². The average Bonchev–Trinajstić information content (AvgIpc) is 3.91. The zero-order valence-corrected chi connectivity index (χ0v) is 47.8. The Morgan fingerprint density at radius 3 is 0.947 bits per heavy atom. The van der Waals surface area contributed by atoms with Crippen molar-refractivity contribution in [1.82, 2.24) is 0 Å². The Bertz CT molecular complexity index is 2630. The minimum absolute atomic E-state index is 0.175. The average molecular weight is 1010 g/mol. The maximum absolute atomic E-state index is 6.52. The van der Waals surface area contributed by atoms with Crippen molar-refractivity contribution < 1.29 is 18.6 Å². The molecule has 6 aromatic carbocycles. The van der Waals surface area contributed by atoms with Crippen molar-refractivity contribution in [1.29, 1.82) is 0 Å². The maximum Gasteiger partial charge on any atom is 0.494 e. The number of benzene rings is 6. The lowest BCUT2D eigenvalue weighted by Gasteiger charge is -2.35. The molecule has 2 heterocycles. The molecule has 2 fully saturated rings. The fourth-order valence-corrected chi connectivity index (χ4v) is 11.6. The Hall–Kier alpha value is -5.11. The molecule has 0 unspecified atom stereocenters. The molecule has 0 saturated carbocycles. The van der Waals surface area contributed by atoms with E-state index in [4.69, 9.17) is 18.6 Å². The minimum atomic E-state index is -0.424. The van der Waals surface area contributed by atoms with Crippen LogP contribution in [-0.2, 0) is 24.0 Å². The van der Waals surface area contributed by atoms with Gasteiger partial charge in [0.2, 0.25) is 0 Å². The molecule has 0 bridgehead atoms. The second kappa shape index (κ2) is 22.5. The lowest BCUT2D eigenvalue weighted by molar-refractivity contribution is 0.00578. The Morgan fingerprint density at radius 2 is 0.627 bits per heavy atom. The number of hydrogen-bond donors (Lipinski definition) is 0. The highest BCUT2D eigenvalue weighted by Crippen LogP contribution is 2.57. The number of rotatable bonds is 22. The largest absolute Gasteiger partial charge is 0.494 e. The zero-order chi connectivity index (χ0) is 53.2. The van der Waals surface area contributed by atoms with E-state index in [-0.39, 0.29) is 5.41 Å². The Balaban J connectivity index is 1.16. The van der Waals surface area contributed by atoms with E-state index in [1.54, 1.807) is 0 Å². The van der Waals surface area contributed by atoms with Crippen molar-refractivity contribution in [3.63, 3.8) is 0 Å². The zero-order valence-electron chi connectivity index (χ0n) is 47.8. The van der Waals surface area contributed by atoms with Gasteiger partial charge < -0.3 is 28.4 Å². The van der Waals surface area contributed by atoms with Crippen LogP contribution in [0.4, 0.5) is 34.1 Å². The molecular formula is C67H86B2N2O4. The fraction of sp³-hybridized carbons (Fsp3) is 0.463. The van der Waals surface area contributed by atoms with Gasteiger partial charge in [-0.05, 0) is 188 Å². The first-order valence-electron chi connectivity index (χ1n) is 28.8. The Kier molecular flexibility index (Phi) is 16.4. The van der Waals surface area contributed by atoms with E-state index in [1.165, 1.54) is 122 Å². The molecule has 2 aliphatic heterocycles. The summed E-state index contributed by atoms with van der Waals surface area (Å²) in [6, 6.07) is 50.5. The number of anilines is 6. The fourth-order valence-electron chi connectivity index (χ4n) is 11.6. The molecule has 0 atom stereocenters. The van der Waals surface area contributed by atoms with Crippen LogP contribution in [0.1, 0.15) is 181 Å². The first-order valence-corrected chi connectivity index (χ1v) is 28.8. The summed E-state index contributed by atoms with van der Waals surface area (Å²) in [5, 5.41) is 0. The van der Waals surface area contributed by atoms with Gasteiger partial charge in [-0.3, -0.25) is 0 Å². The van der Waals surface area contributed by atoms with Crippen molar-refractivity contribution in [3.05, 3.63) is 156 Å². The van der Waals surface area contributed by atoms with Crippen LogP contribution in [-0.4, -0.2) is 36.6 Å². The van der Waals surface area contributed by atoms with E-state index in [0.29, 0.717) is 0 Å². The lowest BCUT2D eigenvalue weighted by Crippen LogP contribution is -2.41. The number of fused-ring (bicyclic) bond motifs is 3. The van der Waals surface area contributed by atoms with Crippen LogP contribution in [0.15, 0.2) is 133 Å². The first kappa shape index (κ1) is 54.7. The quantitative estimate of drug-likeness (QED) is 0.0499. The molecule has 0 radical (unpaired) electrons. The monoisotopic (exact) mass is 1000 g/mol. The van der Waals surface area contributed by atoms with Gasteiger partial charge in [0.1, 0.15) is 0 Å². The molecule has 0 N–H and O–H groups in total. The highest BCUT2D eigenvalue weighted by molar-refractivity contribution is 6.62. The van der Waals surface area contributed by atoms with Crippen LogP contribution >= 0.6 is 0 Å². The number of hydrogen-bond acceptors (Lipinski definition) is 6. The highest BCUT2D eigenvalue weighted by atomic mass is 16.7. The molecule has 1 aliphatic carbocycles. The summed E-state index contributed by atoms with van der Waals surface area (Å²) in [6.45, 7) is 25.9. The molecule has 3 aliphatic rings. The predicted octanol–water partition coefficient (Wildman–Crippen LogP) is 17.6. The van der Waals surface area contributed by atoms with E-state index >= 15 is 0 Å². The molecule has 9 rings (SSSR count). The van der Waals surface area contributed by atoms with Crippen LogP contribution in [0.25, 0.3) is 11.1 Å². The van der Waals surface area contributed by atoms with Gasteiger partial charge in [-0.2, -0.15) is 0 Å². The van der Waals surface area contributed by atoms with Gasteiger partial charge in [0.15, 0.2) is 0 Å². The molecule has 8 heteroatoms. The Labute approximate surface area is 453 Å². The third kappa shape index (κ3) is 11.3. The van der Waals surface area contributed by atoms with Gasteiger partial charge in [0.25, 0.3) is 0 Å². The van der Waals surface area contributed by atoms with E-state index < -0.39 is 36.6 Å². The third-order valence-electron chi connectivity index (χ3n) is 17.7. The van der Waals surface area contributed by atoms with Gasteiger partial charge in [-0.1, -0.05) is 163 Å². The Morgan fingerprint density at radius 1 is 0.347 bits per heavy atom. The summed E-state index contributed by atoms with van der Waals surface area (Å²) < 4.78 is 26.1. The van der Waals surface area contributed by atoms with Crippen molar-refractivity contribution in [2.24, 2.45) is 0 Å². The molecular weight excluding hydrogens is 918 g/mol. The first-order chi connectivity index (χ1) is 35.9. The van der Waals surface area contributed by atoms with Crippen LogP contribution < -0.4 is 20.7 Å². The SMILES string of the molecule is CCCCCCCCC1(CCCCCCCC)c2cc(N(c3ccc(C)cc3)c3ccc(B4OC(C)(C)C(C)(C)O4)cc3)ccc2-c2ccc(N(c3ccc(C)cc3)c3ccc(B4OC(C)(C)C(C)(C)O4)cc3)cc21. The standard InChI is InChI=1S/C67H86B2N2O4/c1-13-15-17-19-21-23-45-67(46-24-22-20-18-16-14-2)61-47-57(70(53-33-25-49(3)26-34-53)55-37-29-51(30-38-55)68-72-63(5,6)64(7,8)73-68)41-43-59(61)60-44-42-58(48-62(60)67)71(54-35-27-50(4)28-36-54)56-39-31-52(32-40-56)69-74-65(9,10)66(11,12)75-69/h25-44,47-48H,13-24,45-46H2,1-12H3. The van der Waals surface area contributed by atoms with E-state index in [2.05, 4.69) is 226 Å². The van der Waals surface area contributed by atoms with Crippen molar-refractivity contribution >= 4 is 59.3 Å². The predicted molar refractivity (Wildman–Crippen MR) is 319 cm³/mol.